The molecule has 1 unspecified atom stereocenters. The van der Waals surface area contributed by atoms with Crippen LogP contribution in [0.4, 0.5) is 0 Å². The molecule has 0 spiro atoms. The van der Waals surface area contributed by atoms with Crippen LogP contribution in [0.1, 0.15) is 30.9 Å². The zero-order valence-electron chi connectivity index (χ0n) is 10.6. The number of hydrogen-bond donors (Lipinski definition) is 2. The van der Waals surface area contributed by atoms with E-state index in [0.29, 0.717) is 6.54 Å². The zero-order chi connectivity index (χ0) is 12.7. The first kappa shape index (κ1) is 11.5. The van der Waals surface area contributed by atoms with Crippen LogP contribution in [0.2, 0.25) is 0 Å². The highest BCUT2D eigenvalue weighted by Gasteiger charge is 2.28. The second-order valence-electron chi connectivity index (χ2n) is 5.12. The fraction of sp³-hybridized carbons (Fsp3) is 0.500. The molecule has 96 valence electrons. The van der Waals surface area contributed by atoms with Crippen molar-refractivity contribution in [1.82, 2.24) is 4.90 Å². The number of hydrogen-bond acceptors (Lipinski definition) is 4. The maximum atomic E-state index is 9.63. The normalized spacial score (nSPS) is 20.8. The lowest BCUT2D eigenvalue weighted by Gasteiger charge is -2.24. The minimum Gasteiger partial charge on any atom is -0.504 e. The topological polar surface area (TPSA) is 56.1 Å². The number of benzene rings is 1. The van der Waals surface area contributed by atoms with Gasteiger partial charge in [0.1, 0.15) is 0 Å². The smallest absolute Gasteiger partial charge is 0.158 e. The number of fused-ring (bicyclic) bond motifs is 1. The summed E-state index contributed by atoms with van der Waals surface area (Å²) in [4.78, 5) is 7.01. The number of likely N-dealkylation sites (tertiary alicyclic amines) is 1. The molecule has 2 heterocycles. The van der Waals surface area contributed by atoms with Crippen molar-refractivity contribution in [3.05, 3.63) is 23.3 Å². The van der Waals surface area contributed by atoms with Gasteiger partial charge in [-0.3, -0.25) is 9.89 Å². The van der Waals surface area contributed by atoms with Crippen molar-refractivity contribution >= 4 is 5.71 Å². The van der Waals surface area contributed by atoms with Gasteiger partial charge in [-0.05, 0) is 50.6 Å². The van der Waals surface area contributed by atoms with Crippen LogP contribution in [0.3, 0.4) is 0 Å². The van der Waals surface area contributed by atoms with Crippen LogP contribution in [0, 0.1) is 0 Å². The van der Waals surface area contributed by atoms with Crippen LogP contribution in [0.15, 0.2) is 17.1 Å². The highest BCUT2D eigenvalue weighted by Crippen LogP contribution is 2.33. The maximum Gasteiger partial charge on any atom is 0.158 e. The summed E-state index contributed by atoms with van der Waals surface area (Å²) in [6.07, 6.45) is 2.51. The van der Waals surface area contributed by atoms with Gasteiger partial charge in [-0.25, -0.2) is 0 Å². The van der Waals surface area contributed by atoms with Crippen molar-refractivity contribution in [1.29, 1.82) is 0 Å². The summed E-state index contributed by atoms with van der Waals surface area (Å²) in [5.41, 5.74) is 3.04. The molecule has 18 heavy (non-hydrogen) atoms. The quantitative estimate of drug-likeness (QED) is 0.783. The van der Waals surface area contributed by atoms with Gasteiger partial charge in [0.05, 0.1) is 12.3 Å². The van der Waals surface area contributed by atoms with E-state index in [9.17, 15) is 10.2 Å². The molecule has 0 aliphatic carbocycles. The molecular formula is C14H18N2O2. The highest BCUT2D eigenvalue weighted by molar-refractivity contribution is 6.07. The van der Waals surface area contributed by atoms with Crippen LogP contribution in [0.25, 0.3) is 0 Å². The van der Waals surface area contributed by atoms with E-state index in [0.717, 1.165) is 29.9 Å². The van der Waals surface area contributed by atoms with E-state index in [1.807, 2.05) is 0 Å². The minimum absolute atomic E-state index is 0.0565. The lowest BCUT2D eigenvalue weighted by Crippen LogP contribution is -2.36. The molecule has 1 saturated heterocycles. The summed E-state index contributed by atoms with van der Waals surface area (Å²) in [6.45, 7) is 5.03. The van der Waals surface area contributed by atoms with E-state index >= 15 is 0 Å². The molecule has 4 nitrogen and oxygen atoms in total. The maximum absolute atomic E-state index is 9.63. The average Bonchev–Trinajstić information content (AvgIpc) is 2.98. The Kier molecular flexibility index (Phi) is 2.74. The van der Waals surface area contributed by atoms with Gasteiger partial charge in [-0.2, -0.15) is 0 Å². The van der Waals surface area contributed by atoms with Gasteiger partial charge < -0.3 is 10.2 Å². The van der Waals surface area contributed by atoms with Crippen LogP contribution in [-0.4, -0.2) is 40.0 Å². The minimum atomic E-state index is -0.0584. The highest BCUT2D eigenvalue weighted by atomic mass is 16.3. The summed E-state index contributed by atoms with van der Waals surface area (Å²) < 4.78 is 0. The Bertz CT molecular complexity index is 505. The molecule has 2 aliphatic rings. The predicted molar refractivity (Wildman–Crippen MR) is 70.3 cm³/mol. The Balaban J connectivity index is 1.91. The van der Waals surface area contributed by atoms with Gasteiger partial charge >= 0.3 is 0 Å². The number of nitrogens with zero attached hydrogens (tertiary/aromatic N) is 2. The fourth-order valence-electron chi connectivity index (χ4n) is 2.90. The van der Waals surface area contributed by atoms with Crippen LogP contribution < -0.4 is 0 Å². The number of phenolic OH excluding ortho intramolecular Hbond substituents is 2. The van der Waals surface area contributed by atoms with E-state index in [4.69, 9.17) is 0 Å². The van der Waals surface area contributed by atoms with Crippen molar-refractivity contribution in [2.24, 2.45) is 4.99 Å². The molecule has 3 rings (SSSR count). The monoisotopic (exact) mass is 246 g/mol. The van der Waals surface area contributed by atoms with E-state index in [-0.39, 0.29) is 17.5 Å². The zero-order valence-corrected chi connectivity index (χ0v) is 10.6. The number of rotatable bonds is 2. The number of aromatic hydroxyl groups is 2. The molecule has 4 heteroatoms. The molecule has 0 bridgehead atoms. The third-order valence-electron chi connectivity index (χ3n) is 3.98. The molecule has 1 atom stereocenters. The largest absolute Gasteiger partial charge is 0.504 e. The molecule has 1 fully saturated rings. The van der Waals surface area contributed by atoms with Gasteiger partial charge in [0.25, 0.3) is 0 Å². The average molecular weight is 246 g/mol. The lowest BCUT2D eigenvalue weighted by atomic mass is 10.00. The first-order chi connectivity index (χ1) is 8.66. The van der Waals surface area contributed by atoms with Crippen molar-refractivity contribution in [3.63, 3.8) is 0 Å². The summed E-state index contributed by atoms with van der Waals surface area (Å²) in [5, 5.41) is 19.1. The number of phenols is 2. The molecule has 0 saturated carbocycles. The lowest BCUT2D eigenvalue weighted by molar-refractivity contribution is 0.315. The Hall–Kier alpha value is -1.55. The molecule has 0 amide bonds. The molecule has 2 aliphatic heterocycles. The van der Waals surface area contributed by atoms with Gasteiger partial charge in [0, 0.05) is 11.6 Å². The summed E-state index contributed by atoms with van der Waals surface area (Å²) in [7, 11) is 0. The van der Waals surface area contributed by atoms with E-state index in [1.165, 1.54) is 12.8 Å². The Morgan fingerprint density at radius 1 is 1.17 bits per heavy atom. The van der Waals surface area contributed by atoms with E-state index in [1.54, 1.807) is 12.1 Å². The SMILES string of the molecule is CC(C1=NCc2cc(O)c(O)cc21)N1CCCC1. The molecule has 1 aromatic carbocycles. The fourth-order valence-corrected chi connectivity index (χ4v) is 2.90. The summed E-state index contributed by atoms with van der Waals surface area (Å²) in [6, 6.07) is 3.55. The predicted octanol–water partition coefficient (Wildman–Crippen LogP) is 1.88. The first-order valence-electron chi connectivity index (χ1n) is 6.50. The Morgan fingerprint density at radius 2 is 1.83 bits per heavy atom. The van der Waals surface area contributed by atoms with Crippen LogP contribution in [0.5, 0.6) is 11.5 Å². The molecule has 0 aromatic heterocycles. The first-order valence-corrected chi connectivity index (χ1v) is 6.50. The van der Waals surface area contributed by atoms with Gasteiger partial charge in [-0.1, -0.05) is 0 Å². The van der Waals surface area contributed by atoms with Crippen molar-refractivity contribution in [3.8, 4) is 11.5 Å². The molecular weight excluding hydrogens is 228 g/mol. The molecule has 2 N–H and O–H groups in total. The van der Waals surface area contributed by atoms with Gasteiger partial charge in [0.15, 0.2) is 11.5 Å². The van der Waals surface area contributed by atoms with Crippen LogP contribution >= 0.6 is 0 Å². The standard InChI is InChI=1S/C14H18N2O2/c1-9(16-4-2-3-5-16)14-11-7-13(18)12(17)6-10(11)8-15-14/h6-7,9,17-18H,2-5,8H2,1H3. The Morgan fingerprint density at radius 3 is 2.56 bits per heavy atom. The summed E-state index contributed by atoms with van der Waals surface area (Å²) >= 11 is 0. The molecule has 0 radical (unpaired) electrons. The summed E-state index contributed by atoms with van der Waals surface area (Å²) in [5.74, 6) is -0.115. The third-order valence-corrected chi connectivity index (χ3v) is 3.98. The van der Waals surface area contributed by atoms with E-state index < -0.39 is 0 Å². The third kappa shape index (κ3) is 1.77. The second-order valence-corrected chi connectivity index (χ2v) is 5.12. The van der Waals surface area contributed by atoms with Crippen molar-refractivity contribution < 1.29 is 10.2 Å². The van der Waals surface area contributed by atoms with Crippen LogP contribution in [-0.2, 0) is 6.54 Å². The number of aliphatic imine (C=N–C) groups is 1. The van der Waals surface area contributed by atoms with Gasteiger partial charge in [-0.15, -0.1) is 0 Å². The van der Waals surface area contributed by atoms with Crippen molar-refractivity contribution in [2.75, 3.05) is 13.1 Å². The molecule has 1 aromatic rings. The second kappa shape index (κ2) is 4.28. The van der Waals surface area contributed by atoms with Crippen molar-refractivity contribution in [2.45, 2.75) is 32.4 Å². The van der Waals surface area contributed by atoms with E-state index in [2.05, 4.69) is 16.8 Å². The van der Waals surface area contributed by atoms with Gasteiger partial charge in [0.2, 0.25) is 0 Å². The Labute approximate surface area is 107 Å².